The van der Waals surface area contributed by atoms with E-state index in [1.165, 1.54) is 34.9 Å². The zero-order valence-corrected chi connectivity index (χ0v) is 28.3. The summed E-state index contributed by atoms with van der Waals surface area (Å²) in [7, 11) is -0.372. The van der Waals surface area contributed by atoms with E-state index < -0.39 is 10.0 Å². The fraction of sp³-hybridized carbons (Fsp3) is 0.571. The minimum atomic E-state index is -3.52. The standard InChI is InChI=1S/C35H51N3O4S2/c1-4-5-6-7-8-9-10-11-17-35(39)42-27-22-29-20-25-37(26-21-29)23-14-24-38-31-15-12-13-16-33(31)43-34-19-18-30(28-32(34)38)44(40,41)36(2)3/h4,12-13,15-16,18-19,28-29H,1,5-11,14,17,20-27H2,2-3H3. The number of anilines is 2. The maximum Gasteiger partial charge on any atom is 0.305 e. The van der Waals surface area contributed by atoms with E-state index in [2.05, 4.69) is 34.6 Å². The first-order chi connectivity index (χ1) is 21.3. The Bertz CT molecular complexity index is 1320. The zero-order chi connectivity index (χ0) is 31.4. The molecular formula is C35H51N3O4S2. The lowest BCUT2D eigenvalue weighted by Crippen LogP contribution is -2.36. The lowest BCUT2D eigenvalue weighted by atomic mass is 9.94. The van der Waals surface area contributed by atoms with Crippen LogP contribution in [0.1, 0.15) is 77.0 Å². The van der Waals surface area contributed by atoms with Gasteiger partial charge in [-0.15, -0.1) is 6.58 Å². The van der Waals surface area contributed by atoms with Crippen LogP contribution < -0.4 is 4.90 Å². The van der Waals surface area contributed by atoms with Crippen molar-refractivity contribution in [2.75, 3.05) is 51.8 Å². The van der Waals surface area contributed by atoms with Gasteiger partial charge >= 0.3 is 5.97 Å². The smallest absolute Gasteiger partial charge is 0.305 e. The number of sulfonamides is 1. The number of rotatable bonds is 18. The average molecular weight is 642 g/mol. The van der Waals surface area contributed by atoms with Gasteiger partial charge in [0.2, 0.25) is 10.0 Å². The Morgan fingerprint density at radius 1 is 0.955 bits per heavy atom. The first-order valence-electron chi connectivity index (χ1n) is 16.4. The van der Waals surface area contributed by atoms with E-state index in [4.69, 9.17) is 4.74 Å². The van der Waals surface area contributed by atoms with Crippen molar-refractivity contribution in [3.05, 3.63) is 55.1 Å². The molecule has 2 aromatic rings. The number of benzene rings is 2. The Hall–Kier alpha value is -2.33. The van der Waals surface area contributed by atoms with Crippen LogP contribution in [0.15, 0.2) is 69.8 Å². The van der Waals surface area contributed by atoms with Gasteiger partial charge in [-0.25, -0.2) is 12.7 Å². The predicted octanol–water partition coefficient (Wildman–Crippen LogP) is 7.88. The molecule has 0 aliphatic carbocycles. The predicted molar refractivity (Wildman–Crippen MR) is 181 cm³/mol. The normalized spacial score (nSPS) is 15.7. The Labute approximate surface area is 270 Å². The quantitative estimate of drug-likeness (QED) is 0.0932. The number of piperidine rings is 1. The van der Waals surface area contributed by atoms with Gasteiger partial charge in [0.25, 0.3) is 0 Å². The molecular weight excluding hydrogens is 591 g/mol. The van der Waals surface area contributed by atoms with Crippen LogP contribution in [0, 0.1) is 5.92 Å². The topological polar surface area (TPSA) is 70.2 Å². The van der Waals surface area contributed by atoms with Gasteiger partial charge in [-0.05, 0) is 101 Å². The SMILES string of the molecule is C=CCCCCCCCCC(=O)OCCC1CCN(CCCN2c3ccccc3Sc3ccc(S(=O)(=O)N(C)C)cc32)CC1. The number of para-hydroxylation sites is 1. The van der Waals surface area contributed by atoms with Crippen LogP contribution in [-0.4, -0.2) is 70.5 Å². The molecule has 0 N–H and O–H groups in total. The third-order valence-corrected chi connectivity index (χ3v) is 11.7. The number of hydrogen-bond donors (Lipinski definition) is 0. The molecule has 2 aromatic carbocycles. The lowest BCUT2D eigenvalue weighted by molar-refractivity contribution is -0.144. The Morgan fingerprint density at radius 3 is 2.41 bits per heavy atom. The van der Waals surface area contributed by atoms with Crippen LogP contribution in [0.3, 0.4) is 0 Å². The van der Waals surface area contributed by atoms with Crippen molar-refractivity contribution in [1.29, 1.82) is 0 Å². The molecule has 0 saturated carbocycles. The highest BCUT2D eigenvalue weighted by Gasteiger charge is 2.27. The summed E-state index contributed by atoms with van der Waals surface area (Å²) < 4.78 is 32.6. The molecule has 9 heteroatoms. The summed E-state index contributed by atoms with van der Waals surface area (Å²) >= 11 is 1.70. The summed E-state index contributed by atoms with van der Waals surface area (Å²) in [5.41, 5.74) is 2.10. The second-order valence-electron chi connectivity index (χ2n) is 12.2. The average Bonchev–Trinajstić information content (AvgIpc) is 3.02. The lowest BCUT2D eigenvalue weighted by Gasteiger charge is -2.35. The minimum absolute atomic E-state index is 0.0419. The Kier molecular flexibility index (Phi) is 13.7. The number of hydrogen-bond acceptors (Lipinski definition) is 7. The van der Waals surface area contributed by atoms with Gasteiger partial charge < -0.3 is 14.5 Å². The molecule has 4 rings (SSSR count). The van der Waals surface area contributed by atoms with E-state index in [0.29, 0.717) is 23.8 Å². The van der Waals surface area contributed by atoms with Crippen molar-refractivity contribution in [2.24, 2.45) is 5.92 Å². The highest BCUT2D eigenvalue weighted by Crippen LogP contribution is 2.48. The van der Waals surface area contributed by atoms with Crippen LogP contribution in [-0.2, 0) is 19.6 Å². The van der Waals surface area contributed by atoms with E-state index in [1.807, 2.05) is 24.3 Å². The van der Waals surface area contributed by atoms with Crippen LogP contribution in [0.2, 0.25) is 0 Å². The van der Waals surface area contributed by atoms with Gasteiger partial charge in [-0.1, -0.05) is 55.7 Å². The largest absolute Gasteiger partial charge is 0.466 e. The molecule has 0 atom stereocenters. The summed E-state index contributed by atoms with van der Waals surface area (Å²) in [6, 6.07) is 13.9. The van der Waals surface area contributed by atoms with Gasteiger partial charge in [0.1, 0.15) is 0 Å². The second-order valence-corrected chi connectivity index (χ2v) is 15.5. The van der Waals surface area contributed by atoms with Gasteiger partial charge in [-0.3, -0.25) is 4.79 Å². The van der Waals surface area contributed by atoms with Gasteiger partial charge in [-0.2, -0.15) is 0 Å². The van der Waals surface area contributed by atoms with Gasteiger partial charge in [0.05, 0.1) is 22.9 Å². The monoisotopic (exact) mass is 641 g/mol. The summed E-state index contributed by atoms with van der Waals surface area (Å²) in [4.78, 5) is 19.6. The fourth-order valence-corrected chi connectivity index (χ4v) is 8.05. The highest BCUT2D eigenvalue weighted by molar-refractivity contribution is 7.99. The fourth-order valence-electron chi connectivity index (χ4n) is 6.05. The number of fused-ring (bicyclic) bond motifs is 2. The number of carbonyl (C=O) groups excluding carboxylic acids is 1. The molecule has 242 valence electrons. The van der Waals surface area contributed by atoms with Crippen LogP contribution in [0.5, 0.6) is 0 Å². The van der Waals surface area contributed by atoms with E-state index in [9.17, 15) is 13.2 Å². The van der Waals surface area contributed by atoms with E-state index >= 15 is 0 Å². The highest BCUT2D eigenvalue weighted by atomic mass is 32.2. The molecule has 0 aromatic heterocycles. The molecule has 2 aliphatic rings. The molecule has 1 saturated heterocycles. The number of carbonyl (C=O) groups is 1. The van der Waals surface area contributed by atoms with Gasteiger partial charge in [0, 0.05) is 36.9 Å². The number of esters is 1. The molecule has 2 heterocycles. The van der Waals surface area contributed by atoms with E-state index in [1.54, 1.807) is 31.9 Å². The Morgan fingerprint density at radius 2 is 1.66 bits per heavy atom. The summed E-state index contributed by atoms with van der Waals surface area (Å²) in [6.45, 7) is 8.27. The third-order valence-electron chi connectivity index (χ3n) is 8.77. The van der Waals surface area contributed by atoms with E-state index in [0.717, 1.165) is 87.4 Å². The van der Waals surface area contributed by atoms with Gasteiger partial charge in [0.15, 0.2) is 0 Å². The summed E-state index contributed by atoms with van der Waals surface area (Å²) in [5.74, 6) is 0.573. The zero-order valence-electron chi connectivity index (χ0n) is 26.7. The second kappa shape index (κ2) is 17.4. The molecule has 7 nitrogen and oxygen atoms in total. The summed E-state index contributed by atoms with van der Waals surface area (Å²) in [6.07, 6.45) is 14.8. The van der Waals surface area contributed by atoms with Crippen LogP contribution in [0.4, 0.5) is 11.4 Å². The molecule has 0 radical (unpaired) electrons. The molecule has 2 aliphatic heterocycles. The van der Waals surface area contributed by atoms with Crippen molar-refractivity contribution in [2.45, 2.75) is 91.7 Å². The third kappa shape index (κ3) is 9.83. The number of nitrogens with zero attached hydrogens (tertiary/aromatic N) is 3. The molecule has 0 bridgehead atoms. The number of unbranched alkanes of at least 4 members (excludes halogenated alkanes) is 6. The van der Waals surface area contributed by atoms with Crippen molar-refractivity contribution in [3.63, 3.8) is 0 Å². The number of allylic oxidation sites excluding steroid dienone is 1. The maximum atomic E-state index is 12.9. The number of likely N-dealkylation sites (tertiary alicyclic amines) is 1. The van der Waals surface area contributed by atoms with Crippen molar-refractivity contribution >= 4 is 39.1 Å². The van der Waals surface area contributed by atoms with Crippen LogP contribution >= 0.6 is 11.8 Å². The van der Waals surface area contributed by atoms with Crippen molar-refractivity contribution in [1.82, 2.24) is 9.21 Å². The number of ether oxygens (including phenoxy) is 1. The van der Waals surface area contributed by atoms with Crippen molar-refractivity contribution in [3.8, 4) is 0 Å². The molecule has 0 unspecified atom stereocenters. The maximum absolute atomic E-state index is 12.9. The first-order valence-corrected chi connectivity index (χ1v) is 18.6. The molecule has 1 fully saturated rings. The van der Waals surface area contributed by atoms with Crippen molar-refractivity contribution < 1.29 is 17.9 Å². The minimum Gasteiger partial charge on any atom is -0.466 e. The molecule has 0 spiro atoms. The molecule has 0 amide bonds. The Balaban J connectivity index is 1.17. The molecule has 44 heavy (non-hydrogen) atoms. The van der Waals surface area contributed by atoms with Crippen LogP contribution in [0.25, 0.3) is 0 Å². The summed E-state index contributed by atoms with van der Waals surface area (Å²) in [5, 5.41) is 0. The van der Waals surface area contributed by atoms with E-state index in [-0.39, 0.29) is 5.97 Å². The first kappa shape index (κ1) is 34.5.